The number of anilines is 1. The Labute approximate surface area is 106 Å². The zero-order valence-electron chi connectivity index (χ0n) is 8.96. The maximum absolute atomic E-state index is 12.5. The molecule has 0 bridgehead atoms. The Morgan fingerprint density at radius 3 is 2.72 bits per heavy atom. The molecule has 7 heteroatoms. The minimum Gasteiger partial charge on any atom is -0.447 e. The number of nitrogens with one attached hydrogen (secondary N) is 1. The van der Waals surface area contributed by atoms with Crippen molar-refractivity contribution in [3.05, 3.63) is 47.1 Å². The second kappa shape index (κ2) is 4.89. The van der Waals surface area contributed by atoms with E-state index in [1.54, 1.807) is 0 Å². The molecule has 0 saturated carbocycles. The summed E-state index contributed by atoms with van der Waals surface area (Å²) >= 11 is 5.81. The van der Waals surface area contributed by atoms with Crippen LogP contribution in [-0.2, 0) is 12.7 Å². The van der Waals surface area contributed by atoms with Gasteiger partial charge in [-0.15, -0.1) is 0 Å². The normalized spacial score (nSPS) is 11.6. The molecule has 2 rings (SSSR count). The van der Waals surface area contributed by atoms with Crippen LogP contribution in [0.15, 0.2) is 35.2 Å². The number of rotatable bonds is 3. The van der Waals surface area contributed by atoms with Gasteiger partial charge in [-0.2, -0.15) is 13.2 Å². The van der Waals surface area contributed by atoms with Gasteiger partial charge >= 0.3 is 6.18 Å². The maximum atomic E-state index is 12.5. The molecule has 0 aliphatic carbocycles. The van der Waals surface area contributed by atoms with E-state index in [4.69, 9.17) is 16.0 Å². The second-order valence-electron chi connectivity index (χ2n) is 3.51. The van der Waals surface area contributed by atoms with Crippen LogP contribution in [-0.4, -0.2) is 4.98 Å². The molecule has 2 aromatic rings. The smallest absolute Gasteiger partial charge is 0.416 e. The molecule has 0 unspecified atom stereocenters. The molecular formula is C11H8ClF3N2O. The molecular weight excluding hydrogens is 269 g/mol. The lowest BCUT2D eigenvalue weighted by Gasteiger charge is -2.11. The van der Waals surface area contributed by atoms with E-state index in [1.165, 1.54) is 18.7 Å². The first-order valence-electron chi connectivity index (χ1n) is 4.95. The van der Waals surface area contributed by atoms with E-state index in [0.29, 0.717) is 5.76 Å². The third-order valence-corrected chi connectivity index (χ3v) is 2.56. The summed E-state index contributed by atoms with van der Waals surface area (Å²) in [6.45, 7) is 0.209. The van der Waals surface area contributed by atoms with Crippen molar-refractivity contribution in [3.8, 4) is 0 Å². The Morgan fingerprint density at radius 2 is 2.11 bits per heavy atom. The first-order chi connectivity index (χ1) is 8.47. The predicted octanol–water partition coefficient (Wildman–Crippen LogP) is 3.96. The van der Waals surface area contributed by atoms with Gasteiger partial charge in [0.25, 0.3) is 0 Å². The number of oxazole rings is 1. The zero-order valence-corrected chi connectivity index (χ0v) is 9.72. The molecule has 18 heavy (non-hydrogen) atoms. The highest BCUT2D eigenvalue weighted by Gasteiger charge is 2.30. The topological polar surface area (TPSA) is 38.1 Å². The fourth-order valence-corrected chi connectivity index (χ4v) is 1.53. The summed E-state index contributed by atoms with van der Waals surface area (Å²) in [4.78, 5) is 3.69. The molecule has 0 radical (unpaired) electrons. The molecule has 3 nitrogen and oxygen atoms in total. The van der Waals surface area contributed by atoms with Crippen molar-refractivity contribution in [3.63, 3.8) is 0 Å². The molecule has 1 aromatic heterocycles. The van der Waals surface area contributed by atoms with Crippen molar-refractivity contribution in [2.45, 2.75) is 12.7 Å². The van der Waals surface area contributed by atoms with E-state index in [0.717, 1.165) is 12.1 Å². The fraction of sp³-hybridized carbons (Fsp3) is 0.182. The monoisotopic (exact) mass is 276 g/mol. The minimum absolute atomic E-state index is 0.197. The molecule has 0 amide bonds. The lowest BCUT2D eigenvalue weighted by atomic mass is 10.2. The first kappa shape index (κ1) is 12.8. The van der Waals surface area contributed by atoms with Crippen molar-refractivity contribution >= 4 is 17.3 Å². The van der Waals surface area contributed by atoms with E-state index in [9.17, 15) is 13.2 Å². The molecule has 0 aliphatic rings. The van der Waals surface area contributed by atoms with Crippen molar-refractivity contribution < 1.29 is 17.6 Å². The standard InChI is InChI=1S/C11H8ClF3N2O/c12-9-2-1-7(11(13,14)15)3-10(9)17-5-8-4-16-6-18-8/h1-4,6,17H,5H2. The molecule has 0 fully saturated rings. The summed E-state index contributed by atoms with van der Waals surface area (Å²) in [5.74, 6) is 0.503. The third-order valence-electron chi connectivity index (χ3n) is 2.23. The quantitative estimate of drug-likeness (QED) is 0.922. The number of hydrogen-bond acceptors (Lipinski definition) is 3. The second-order valence-corrected chi connectivity index (χ2v) is 3.92. The van der Waals surface area contributed by atoms with Crippen LogP contribution in [0.4, 0.5) is 18.9 Å². The summed E-state index contributed by atoms with van der Waals surface area (Å²) in [5.41, 5.74) is -0.560. The number of halogens is 4. The van der Waals surface area contributed by atoms with Crippen molar-refractivity contribution in [1.29, 1.82) is 0 Å². The number of nitrogens with zero attached hydrogens (tertiary/aromatic N) is 1. The van der Waals surface area contributed by atoms with Gasteiger partial charge in [0.2, 0.25) is 0 Å². The Morgan fingerprint density at radius 1 is 1.33 bits per heavy atom. The first-order valence-corrected chi connectivity index (χ1v) is 5.32. The minimum atomic E-state index is -4.40. The van der Waals surface area contributed by atoms with Crippen LogP contribution >= 0.6 is 11.6 Å². The summed E-state index contributed by atoms with van der Waals surface area (Å²) in [5, 5.41) is 2.97. The molecule has 1 heterocycles. The van der Waals surface area contributed by atoms with Crippen LogP contribution < -0.4 is 5.32 Å². The summed E-state index contributed by atoms with van der Waals surface area (Å²) < 4.78 is 42.5. The van der Waals surface area contributed by atoms with Crippen LogP contribution in [0.1, 0.15) is 11.3 Å². The Kier molecular flexibility index (Phi) is 3.47. The molecule has 0 saturated heterocycles. The highest BCUT2D eigenvalue weighted by Crippen LogP contribution is 2.33. The van der Waals surface area contributed by atoms with Gasteiger partial charge in [0.1, 0.15) is 5.76 Å². The Hall–Kier alpha value is -1.69. The van der Waals surface area contributed by atoms with E-state index in [-0.39, 0.29) is 17.3 Å². The Balaban J connectivity index is 2.16. The van der Waals surface area contributed by atoms with E-state index in [2.05, 4.69) is 10.3 Å². The molecule has 1 N–H and O–H groups in total. The van der Waals surface area contributed by atoms with Crippen molar-refractivity contribution in [2.24, 2.45) is 0 Å². The lowest BCUT2D eigenvalue weighted by Crippen LogP contribution is -2.06. The predicted molar refractivity (Wildman–Crippen MR) is 60.3 cm³/mol. The lowest BCUT2D eigenvalue weighted by molar-refractivity contribution is -0.137. The van der Waals surface area contributed by atoms with Gasteiger partial charge in [-0.3, -0.25) is 0 Å². The van der Waals surface area contributed by atoms with Gasteiger partial charge in [-0.05, 0) is 18.2 Å². The molecule has 0 atom stereocenters. The summed E-state index contributed by atoms with van der Waals surface area (Å²) in [6, 6.07) is 3.09. The van der Waals surface area contributed by atoms with E-state index >= 15 is 0 Å². The zero-order chi connectivity index (χ0) is 13.2. The van der Waals surface area contributed by atoms with Gasteiger partial charge in [-0.25, -0.2) is 4.98 Å². The average molecular weight is 277 g/mol. The van der Waals surface area contributed by atoms with Gasteiger partial charge in [0.15, 0.2) is 6.39 Å². The molecule has 0 spiro atoms. The SMILES string of the molecule is FC(F)(F)c1ccc(Cl)c(NCc2cnco2)c1. The largest absolute Gasteiger partial charge is 0.447 e. The third kappa shape index (κ3) is 2.95. The number of aromatic nitrogens is 1. The highest BCUT2D eigenvalue weighted by molar-refractivity contribution is 6.33. The fourth-order valence-electron chi connectivity index (χ4n) is 1.35. The number of alkyl halides is 3. The van der Waals surface area contributed by atoms with Gasteiger partial charge in [0.05, 0.1) is 29.0 Å². The van der Waals surface area contributed by atoms with Crippen LogP contribution in [0.3, 0.4) is 0 Å². The molecule has 1 aromatic carbocycles. The number of hydrogen-bond donors (Lipinski definition) is 1. The van der Waals surface area contributed by atoms with Crippen LogP contribution in [0.5, 0.6) is 0 Å². The highest BCUT2D eigenvalue weighted by atomic mass is 35.5. The van der Waals surface area contributed by atoms with Crippen LogP contribution in [0.25, 0.3) is 0 Å². The molecule has 96 valence electrons. The summed E-state index contributed by atoms with van der Waals surface area (Å²) in [7, 11) is 0. The van der Waals surface area contributed by atoms with Gasteiger partial charge in [-0.1, -0.05) is 11.6 Å². The Bertz CT molecular complexity index is 526. The molecule has 0 aliphatic heterocycles. The van der Waals surface area contributed by atoms with Gasteiger partial charge < -0.3 is 9.73 Å². The van der Waals surface area contributed by atoms with Crippen molar-refractivity contribution in [2.75, 3.05) is 5.32 Å². The van der Waals surface area contributed by atoms with E-state index in [1.807, 2.05) is 0 Å². The van der Waals surface area contributed by atoms with Gasteiger partial charge in [0, 0.05) is 0 Å². The van der Waals surface area contributed by atoms with Crippen molar-refractivity contribution in [1.82, 2.24) is 4.98 Å². The summed E-state index contributed by atoms with van der Waals surface area (Å²) in [6.07, 6.45) is -1.69. The average Bonchev–Trinajstić information content (AvgIpc) is 2.79. The number of benzene rings is 1. The van der Waals surface area contributed by atoms with E-state index < -0.39 is 11.7 Å². The van der Waals surface area contributed by atoms with Crippen LogP contribution in [0.2, 0.25) is 5.02 Å². The van der Waals surface area contributed by atoms with Crippen LogP contribution in [0, 0.1) is 0 Å². The maximum Gasteiger partial charge on any atom is 0.416 e.